The van der Waals surface area contributed by atoms with Gasteiger partial charge in [0.05, 0.1) is 12.2 Å². The molecule has 3 rings (SSSR count). The Bertz CT molecular complexity index is 901. The van der Waals surface area contributed by atoms with Crippen LogP contribution >= 0.6 is 0 Å². The Balaban J connectivity index is 1.77. The molecule has 1 unspecified atom stereocenters. The lowest BCUT2D eigenvalue weighted by atomic mass is 9.61. The Hall–Kier alpha value is -0.903. The van der Waals surface area contributed by atoms with Crippen molar-refractivity contribution >= 4 is 8.32 Å². The fraction of sp³-hybridized carbons (Fsp3) is 0.765. The number of hydrogen-bond acceptors (Lipinski definition) is 2. The molecular formula is C34H58O2Si. The second kappa shape index (κ2) is 11.7. The van der Waals surface area contributed by atoms with Gasteiger partial charge in [-0.2, -0.15) is 0 Å². The molecule has 0 aliphatic heterocycles. The van der Waals surface area contributed by atoms with E-state index in [0.717, 1.165) is 17.9 Å². The van der Waals surface area contributed by atoms with Crippen LogP contribution in [0, 0.1) is 35.0 Å². The highest BCUT2D eigenvalue weighted by molar-refractivity contribution is 6.74. The molecule has 0 aromatic heterocycles. The average molecular weight is 527 g/mol. The summed E-state index contributed by atoms with van der Waals surface area (Å²) in [6.07, 6.45) is 17.3. The second-order valence-corrected chi connectivity index (χ2v) is 19.6. The molecule has 0 heterocycles. The molecule has 0 spiro atoms. The zero-order valence-electron chi connectivity index (χ0n) is 25.9. The summed E-state index contributed by atoms with van der Waals surface area (Å²) in [6, 6.07) is 0. The number of allylic oxidation sites excluding steroid dienone is 5. The molecule has 0 radical (unpaired) electrons. The van der Waals surface area contributed by atoms with Crippen LogP contribution in [-0.2, 0) is 4.43 Å². The third-order valence-corrected chi connectivity index (χ3v) is 15.5. The lowest BCUT2D eigenvalue weighted by molar-refractivity contribution is 0.0924. The van der Waals surface area contributed by atoms with E-state index in [0.29, 0.717) is 35.5 Å². The van der Waals surface area contributed by atoms with Gasteiger partial charge in [0.1, 0.15) is 0 Å². The van der Waals surface area contributed by atoms with Crippen LogP contribution in [-0.4, -0.2) is 25.6 Å². The SMILES string of the molecule is C=C1/C(=C/C=C2\CCC[C@]3(C)C([C@H](C)/C=C/[C@H](C)C(C)C)CC[C@@H]23)C[C@@H](O[Si](C)(C)C(C)(C)C)C[C@@H]1O. The first-order valence-electron chi connectivity index (χ1n) is 15.2. The van der Waals surface area contributed by atoms with Crippen molar-refractivity contribution in [2.75, 3.05) is 0 Å². The molecule has 0 amide bonds. The largest absolute Gasteiger partial charge is 0.413 e. The zero-order valence-corrected chi connectivity index (χ0v) is 26.9. The van der Waals surface area contributed by atoms with E-state index in [1.54, 1.807) is 5.57 Å². The van der Waals surface area contributed by atoms with Gasteiger partial charge in [-0.15, -0.1) is 0 Å². The first kappa shape index (κ1) is 30.6. The van der Waals surface area contributed by atoms with Crippen LogP contribution in [0.5, 0.6) is 0 Å². The molecule has 7 atom stereocenters. The maximum absolute atomic E-state index is 10.8. The lowest BCUT2D eigenvalue weighted by Gasteiger charge is -2.44. The number of hydrogen-bond donors (Lipinski definition) is 1. The normalized spacial score (nSPS) is 35.5. The molecular weight excluding hydrogens is 468 g/mol. The fourth-order valence-electron chi connectivity index (χ4n) is 6.98. The summed E-state index contributed by atoms with van der Waals surface area (Å²) in [6.45, 7) is 27.8. The van der Waals surface area contributed by atoms with Gasteiger partial charge in [0.25, 0.3) is 0 Å². The highest BCUT2D eigenvalue weighted by atomic mass is 28.4. The highest BCUT2D eigenvalue weighted by Gasteiger charge is 2.50. The first-order valence-corrected chi connectivity index (χ1v) is 18.1. The van der Waals surface area contributed by atoms with Gasteiger partial charge in [0, 0.05) is 6.42 Å². The minimum atomic E-state index is -1.88. The van der Waals surface area contributed by atoms with Crippen molar-refractivity contribution in [1.29, 1.82) is 0 Å². The maximum atomic E-state index is 10.8. The Kier molecular flexibility index (Phi) is 9.67. The van der Waals surface area contributed by atoms with E-state index in [-0.39, 0.29) is 11.1 Å². The zero-order chi connectivity index (χ0) is 27.8. The average Bonchev–Trinajstić information content (AvgIpc) is 3.15. The van der Waals surface area contributed by atoms with E-state index in [1.807, 2.05) is 0 Å². The molecule has 0 saturated heterocycles. The van der Waals surface area contributed by atoms with E-state index in [1.165, 1.54) is 37.7 Å². The second-order valence-electron chi connectivity index (χ2n) is 14.9. The van der Waals surface area contributed by atoms with E-state index >= 15 is 0 Å². The van der Waals surface area contributed by atoms with E-state index < -0.39 is 14.4 Å². The lowest BCUT2D eigenvalue weighted by Crippen LogP contribution is -2.46. The Morgan fingerprint density at radius 1 is 1.08 bits per heavy atom. The number of aliphatic hydroxyl groups excluding tert-OH is 1. The van der Waals surface area contributed by atoms with Crippen molar-refractivity contribution in [3.63, 3.8) is 0 Å². The molecule has 0 bridgehead atoms. The van der Waals surface area contributed by atoms with Crippen LogP contribution in [0.1, 0.15) is 100 Å². The smallest absolute Gasteiger partial charge is 0.192 e. The summed E-state index contributed by atoms with van der Waals surface area (Å²) >= 11 is 0. The van der Waals surface area contributed by atoms with Crippen molar-refractivity contribution in [2.24, 2.45) is 35.0 Å². The molecule has 0 aromatic rings. The fourth-order valence-corrected chi connectivity index (χ4v) is 8.35. The van der Waals surface area contributed by atoms with E-state index in [2.05, 4.69) is 99.4 Å². The highest BCUT2D eigenvalue weighted by Crippen LogP contribution is 2.59. The molecule has 3 fully saturated rings. The number of fused-ring (bicyclic) bond motifs is 1. The van der Waals surface area contributed by atoms with Crippen LogP contribution in [0.2, 0.25) is 18.1 Å². The summed E-state index contributed by atoms with van der Waals surface area (Å²) in [4.78, 5) is 0. The predicted octanol–water partition coefficient (Wildman–Crippen LogP) is 9.64. The third-order valence-electron chi connectivity index (χ3n) is 11.0. The molecule has 3 saturated carbocycles. The predicted molar refractivity (Wildman–Crippen MR) is 163 cm³/mol. The molecule has 210 valence electrons. The van der Waals surface area contributed by atoms with Gasteiger partial charge in [-0.1, -0.05) is 91.8 Å². The van der Waals surface area contributed by atoms with Gasteiger partial charge in [-0.05, 0) is 103 Å². The number of aliphatic hydroxyl groups is 1. The molecule has 1 N–H and O–H groups in total. The van der Waals surface area contributed by atoms with Crippen LogP contribution in [0.15, 0.2) is 47.6 Å². The molecule has 37 heavy (non-hydrogen) atoms. The van der Waals surface area contributed by atoms with Crippen molar-refractivity contribution in [3.8, 4) is 0 Å². The first-order chi connectivity index (χ1) is 17.1. The van der Waals surface area contributed by atoms with Gasteiger partial charge < -0.3 is 9.53 Å². The van der Waals surface area contributed by atoms with Crippen molar-refractivity contribution in [3.05, 3.63) is 47.6 Å². The summed E-state index contributed by atoms with van der Waals surface area (Å²) in [5.41, 5.74) is 4.11. The van der Waals surface area contributed by atoms with Gasteiger partial charge in [-0.25, -0.2) is 0 Å². The van der Waals surface area contributed by atoms with Gasteiger partial charge in [0.15, 0.2) is 8.32 Å². The maximum Gasteiger partial charge on any atom is 0.192 e. The number of rotatable bonds is 7. The monoisotopic (exact) mass is 526 g/mol. The molecule has 3 aliphatic carbocycles. The Morgan fingerprint density at radius 2 is 1.76 bits per heavy atom. The van der Waals surface area contributed by atoms with E-state index in [9.17, 15) is 5.11 Å². The van der Waals surface area contributed by atoms with Crippen LogP contribution < -0.4 is 0 Å². The van der Waals surface area contributed by atoms with Gasteiger partial charge >= 0.3 is 0 Å². The minimum absolute atomic E-state index is 0.0828. The van der Waals surface area contributed by atoms with Gasteiger partial charge in [-0.3, -0.25) is 0 Å². The molecule has 0 aromatic carbocycles. The van der Waals surface area contributed by atoms with Crippen LogP contribution in [0.3, 0.4) is 0 Å². The summed E-state index contributed by atoms with van der Waals surface area (Å²) in [5, 5.41) is 11.0. The topological polar surface area (TPSA) is 29.5 Å². The van der Waals surface area contributed by atoms with Crippen LogP contribution in [0.25, 0.3) is 0 Å². The van der Waals surface area contributed by atoms with Crippen molar-refractivity contribution in [1.82, 2.24) is 0 Å². The van der Waals surface area contributed by atoms with Crippen molar-refractivity contribution in [2.45, 2.75) is 131 Å². The quantitative estimate of drug-likeness (QED) is 0.264. The minimum Gasteiger partial charge on any atom is -0.413 e. The molecule has 2 nitrogen and oxygen atoms in total. The molecule has 3 heteroatoms. The Morgan fingerprint density at radius 3 is 2.38 bits per heavy atom. The van der Waals surface area contributed by atoms with Gasteiger partial charge in [0.2, 0.25) is 0 Å². The standard InChI is InChI=1S/C34H58O2Si/c1-23(2)24(3)14-15-25(4)30-18-19-31-27(13-12-20-34(30,31)9)16-17-28-21-29(22-32(35)26(28)5)36-37(10,11)33(6,7)8/h14-17,23-25,29-32,35H,5,12-13,18-22H2,1-4,6-11H3/b15-14+,27-16+,28-17+/t24-,25+,29+,30?,31-,32-,34+/m0/s1. The summed E-state index contributed by atoms with van der Waals surface area (Å²) in [7, 11) is -1.88. The summed E-state index contributed by atoms with van der Waals surface area (Å²) < 4.78 is 6.73. The van der Waals surface area contributed by atoms with E-state index in [4.69, 9.17) is 4.43 Å². The third kappa shape index (κ3) is 6.82. The Labute approximate surface area is 230 Å². The molecule has 3 aliphatic rings. The van der Waals surface area contributed by atoms with Crippen LogP contribution in [0.4, 0.5) is 0 Å². The van der Waals surface area contributed by atoms with Crippen molar-refractivity contribution < 1.29 is 9.53 Å². The summed E-state index contributed by atoms with van der Waals surface area (Å²) in [5.74, 6) is 3.42.